The van der Waals surface area contributed by atoms with Crippen molar-refractivity contribution in [3.63, 3.8) is 0 Å². The molecule has 1 aromatic heterocycles. The van der Waals surface area contributed by atoms with E-state index in [1.54, 1.807) is 0 Å². The maximum Gasteiger partial charge on any atom is 0.154 e. The Morgan fingerprint density at radius 1 is 1.30 bits per heavy atom. The van der Waals surface area contributed by atoms with Gasteiger partial charge in [-0.2, -0.15) is 0 Å². The molecule has 0 aliphatic carbocycles. The van der Waals surface area contributed by atoms with Crippen molar-refractivity contribution < 1.29 is 13.5 Å². The maximum atomic E-state index is 11.4. The maximum absolute atomic E-state index is 11.4. The number of fused-ring (bicyclic) bond motifs is 1. The molecule has 3 N–H and O–H groups in total. The standard InChI is InChI=1S/C14H18N2O3S/c17-14-9-20(18,19)8-13(14)15-6-5-10-7-16-12-4-2-1-3-11(10)12/h1-4,7,13-17H,5-6,8-9H2/t13-,14-/m0/s1. The van der Waals surface area contributed by atoms with Crippen LogP contribution in [0, 0.1) is 0 Å². The summed E-state index contributed by atoms with van der Waals surface area (Å²) in [6.45, 7) is 0.652. The number of H-pyrrole nitrogens is 1. The molecule has 3 rings (SSSR count). The number of aromatic nitrogens is 1. The highest BCUT2D eigenvalue weighted by Crippen LogP contribution is 2.18. The fraction of sp³-hybridized carbons (Fsp3) is 0.429. The third-order valence-corrected chi connectivity index (χ3v) is 5.51. The molecule has 2 atom stereocenters. The molecule has 6 heteroatoms. The van der Waals surface area contributed by atoms with Crippen LogP contribution in [0.2, 0.25) is 0 Å². The van der Waals surface area contributed by atoms with Crippen LogP contribution in [0.4, 0.5) is 0 Å². The van der Waals surface area contributed by atoms with Crippen LogP contribution in [0.1, 0.15) is 5.56 Å². The van der Waals surface area contributed by atoms with Crippen LogP contribution < -0.4 is 5.32 Å². The highest BCUT2D eigenvalue weighted by Gasteiger charge is 2.35. The van der Waals surface area contributed by atoms with E-state index < -0.39 is 15.9 Å². The van der Waals surface area contributed by atoms with Gasteiger partial charge in [-0.3, -0.25) is 0 Å². The second-order valence-corrected chi connectivity index (χ2v) is 7.47. The zero-order valence-electron chi connectivity index (χ0n) is 11.0. The minimum absolute atomic E-state index is 0.0298. The number of nitrogens with one attached hydrogen (secondary N) is 2. The van der Waals surface area contributed by atoms with Gasteiger partial charge in [0, 0.05) is 23.1 Å². The average molecular weight is 294 g/mol. The second kappa shape index (κ2) is 5.20. The number of sulfone groups is 1. The minimum atomic E-state index is -3.08. The van der Waals surface area contributed by atoms with Crippen molar-refractivity contribution in [2.75, 3.05) is 18.1 Å². The SMILES string of the molecule is O=S1(=O)C[C@H](NCCc2c[nH]c3ccccc23)[C@@H](O)C1. The molecule has 0 spiro atoms. The van der Waals surface area contributed by atoms with Gasteiger partial charge in [0.1, 0.15) is 0 Å². The Morgan fingerprint density at radius 2 is 2.10 bits per heavy atom. The minimum Gasteiger partial charge on any atom is -0.390 e. The number of para-hydroxylation sites is 1. The molecule has 0 bridgehead atoms. The van der Waals surface area contributed by atoms with E-state index in [-0.39, 0.29) is 17.5 Å². The number of aliphatic hydroxyl groups excluding tert-OH is 1. The molecule has 20 heavy (non-hydrogen) atoms. The molecule has 0 unspecified atom stereocenters. The van der Waals surface area contributed by atoms with E-state index in [0.29, 0.717) is 6.54 Å². The van der Waals surface area contributed by atoms with E-state index in [1.165, 1.54) is 10.9 Å². The highest BCUT2D eigenvalue weighted by atomic mass is 32.2. The van der Waals surface area contributed by atoms with Crippen LogP contribution >= 0.6 is 0 Å². The van der Waals surface area contributed by atoms with Gasteiger partial charge >= 0.3 is 0 Å². The Labute approximate surface area is 117 Å². The van der Waals surface area contributed by atoms with E-state index in [0.717, 1.165) is 11.9 Å². The van der Waals surface area contributed by atoms with Crippen molar-refractivity contribution in [1.29, 1.82) is 0 Å². The van der Waals surface area contributed by atoms with E-state index >= 15 is 0 Å². The van der Waals surface area contributed by atoms with Gasteiger partial charge in [-0.25, -0.2) is 8.42 Å². The van der Waals surface area contributed by atoms with Crippen molar-refractivity contribution in [3.8, 4) is 0 Å². The van der Waals surface area contributed by atoms with Gasteiger partial charge < -0.3 is 15.4 Å². The number of aromatic amines is 1. The third kappa shape index (κ3) is 2.72. The summed E-state index contributed by atoms with van der Waals surface area (Å²) < 4.78 is 22.8. The lowest BCUT2D eigenvalue weighted by Gasteiger charge is -2.14. The van der Waals surface area contributed by atoms with Crippen molar-refractivity contribution in [2.45, 2.75) is 18.6 Å². The molecular formula is C14H18N2O3S. The summed E-state index contributed by atoms with van der Waals surface area (Å²) in [5, 5.41) is 14.0. The monoisotopic (exact) mass is 294 g/mol. The Morgan fingerprint density at radius 3 is 2.85 bits per heavy atom. The summed E-state index contributed by atoms with van der Waals surface area (Å²) in [7, 11) is -3.08. The molecule has 1 aliphatic rings. The van der Waals surface area contributed by atoms with Crippen molar-refractivity contribution in [1.82, 2.24) is 10.3 Å². The van der Waals surface area contributed by atoms with E-state index in [4.69, 9.17) is 0 Å². The summed E-state index contributed by atoms with van der Waals surface area (Å²) in [4.78, 5) is 3.22. The molecule has 1 aliphatic heterocycles. The molecule has 1 fully saturated rings. The number of hydrogen-bond acceptors (Lipinski definition) is 4. The summed E-state index contributed by atoms with van der Waals surface area (Å²) in [6.07, 6.45) is 1.99. The van der Waals surface area contributed by atoms with Crippen LogP contribution in [-0.2, 0) is 16.3 Å². The van der Waals surface area contributed by atoms with Crippen molar-refractivity contribution in [3.05, 3.63) is 36.0 Å². The first-order valence-electron chi connectivity index (χ1n) is 6.72. The topological polar surface area (TPSA) is 82.2 Å². The number of hydrogen-bond donors (Lipinski definition) is 3. The predicted molar refractivity (Wildman–Crippen MR) is 78.5 cm³/mol. The van der Waals surface area contributed by atoms with Gasteiger partial charge in [-0.15, -0.1) is 0 Å². The van der Waals surface area contributed by atoms with E-state index in [1.807, 2.05) is 24.4 Å². The molecule has 1 saturated heterocycles. The Bertz CT molecular complexity index is 708. The molecule has 108 valence electrons. The van der Waals surface area contributed by atoms with Gasteiger partial charge in [0.15, 0.2) is 9.84 Å². The summed E-state index contributed by atoms with van der Waals surface area (Å²) >= 11 is 0. The Hall–Kier alpha value is -1.37. The summed E-state index contributed by atoms with van der Waals surface area (Å²) in [5.74, 6) is -0.0974. The number of benzene rings is 1. The zero-order chi connectivity index (χ0) is 14.2. The quantitative estimate of drug-likeness (QED) is 0.765. The van der Waals surface area contributed by atoms with Crippen LogP contribution in [0.25, 0.3) is 10.9 Å². The third-order valence-electron chi connectivity index (χ3n) is 3.80. The molecule has 0 saturated carbocycles. The van der Waals surface area contributed by atoms with Crippen molar-refractivity contribution in [2.24, 2.45) is 0 Å². The van der Waals surface area contributed by atoms with Gasteiger partial charge in [0.25, 0.3) is 0 Å². The molecule has 0 radical (unpaired) electrons. The lowest BCUT2D eigenvalue weighted by molar-refractivity contribution is 0.166. The first-order chi connectivity index (χ1) is 9.55. The number of rotatable bonds is 4. The molecule has 2 aromatic rings. The normalized spacial score (nSPS) is 25.2. The molecular weight excluding hydrogens is 276 g/mol. The van der Waals surface area contributed by atoms with Gasteiger partial charge in [-0.05, 0) is 24.6 Å². The summed E-state index contributed by atoms with van der Waals surface area (Å²) in [5.41, 5.74) is 2.30. The highest BCUT2D eigenvalue weighted by molar-refractivity contribution is 7.91. The van der Waals surface area contributed by atoms with Crippen LogP contribution in [0.15, 0.2) is 30.5 Å². The Balaban J connectivity index is 1.61. The molecule has 5 nitrogen and oxygen atoms in total. The van der Waals surface area contributed by atoms with Gasteiger partial charge in [-0.1, -0.05) is 18.2 Å². The zero-order valence-corrected chi connectivity index (χ0v) is 11.9. The van der Waals surface area contributed by atoms with Crippen LogP contribution in [0.3, 0.4) is 0 Å². The average Bonchev–Trinajstić information content (AvgIpc) is 2.91. The first-order valence-corrected chi connectivity index (χ1v) is 8.54. The van der Waals surface area contributed by atoms with Crippen LogP contribution in [0.5, 0.6) is 0 Å². The van der Waals surface area contributed by atoms with Crippen LogP contribution in [-0.4, -0.2) is 48.7 Å². The fourth-order valence-electron chi connectivity index (χ4n) is 2.75. The fourth-order valence-corrected chi connectivity index (χ4v) is 4.53. The summed E-state index contributed by atoms with van der Waals surface area (Å²) in [6, 6.07) is 7.74. The van der Waals surface area contributed by atoms with Gasteiger partial charge in [0.2, 0.25) is 0 Å². The van der Waals surface area contributed by atoms with Crippen molar-refractivity contribution >= 4 is 20.7 Å². The largest absolute Gasteiger partial charge is 0.390 e. The van der Waals surface area contributed by atoms with E-state index in [9.17, 15) is 13.5 Å². The smallest absolute Gasteiger partial charge is 0.154 e. The number of aliphatic hydroxyl groups is 1. The molecule has 2 heterocycles. The predicted octanol–water partition coefficient (Wildman–Crippen LogP) is 0.458. The first kappa shape index (κ1) is 13.6. The molecule has 0 amide bonds. The molecule has 1 aromatic carbocycles. The Kier molecular flexibility index (Phi) is 3.54. The lowest BCUT2D eigenvalue weighted by atomic mass is 10.1. The second-order valence-electron chi connectivity index (χ2n) is 5.31. The van der Waals surface area contributed by atoms with E-state index in [2.05, 4.69) is 16.4 Å². The van der Waals surface area contributed by atoms with Gasteiger partial charge in [0.05, 0.1) is 17.6 Å². The lowest BCUT2D eigenvalue weighted by Crippen LogP contribution is -2.39.